The molecule has 4 nitrogen and oxygen atoms in total. The lowest BCUT2D eigenvalue weighted by Crippen LogP contribution is -2.26. The summed E-state index contributed by atoms with van der Waals surface area (Å²) < 4.78 is 11.4. The van der Waals surface area contributed by atoms with Crippen molar-refractivity contribution in [3.8, 4) is 11.5 Å². The highest BCUT2D eigenvalue weighted by molar-refractivity contribution is 9.10. The van der Waals surface area contributed by atoms with Crippen molar-refractivity contribution in [2.75, 3.05) is 14.2 Å². The minimum absolute atomic E-state index is 0.116. The van der Waals surface area contributed by atoms with Crippen LogP contribution in [0.5, 0.6) is 11.5 Å². The third-order valence-electron chi connectivity index (χ3n) is 3.35. The highest BCUT2D eigenvalue weighted by Crippen LogP contribution is 2.35. The molecule has 0 aromatic heterocycles. The summed E-state index contributed by atoms with van der Waals surface area (Å²) in [6.45, 7) is 1.92. The Hall–Kier alpha value is -2.01. The number of hydrogen-bond donors (Lipinski definition) is 1. The molecule has 0 spiro atoms. The number of nitrogens with one attached hydrogen (secondary N) is 1. The smallest absolute Gasteiger partial charge is 0.251 e. The van der Waals surface area contributed by atoms with Crippen molar-refractivity contribution in [2.45, 2.75) is 13.0 Å². The first-order chi connectivity index (χ1) is 10.6. The maximum absolute atomic E-state index is 12.2. The molecule has 0 aliphatic carbocycles. The molecule has 2 aromatic carbocycles. The van der Waals surface area contributed by atoms with Gasteiger partial charge in [-0.25, -0.2) is 0 Å². The fraction of sp³-hybridized carbons (Fsp3) is 0.235. The van der Waals surface area contributed by atoms with Gasteiger partial charge in [0.15, 0.2) is 11.5 Å². The standard InChI is InChI=1S/C17H18BrNO3/c1-11(19-17(20)12-7-5-4-6-8-12)13-9-15(21-2)16(22-3)10-14(13)18/h4-11H,1-3H3,(H,19,20)/t11-/m1/s1. The normalized spacial score (nSPS) is 11.6. The third-order valence-corrected chi connectivity index (χ3v) is 4.04. The van der Waals surface area contributed by atoms with Crippen molar-refractivity contribution in [1.82, 2.24) is 5.32 Å². The van der Waals surface area contributed by atoms with Crippen LogP contribution < -0.4 is 14.8 Å². The third kappa shape index (κ3) is 3.60. The molecule has 0 radical (unpaired) electrons. The summed E-state index contributed by atoms with van der Waals surface area (Å²) in [6.07, 6.45) is 0. The molecular formula is C17H18BrNO3. The predicted octanol–water partition coefficient (Wildman–Crippen LogP) is 3.96. The van der Waals surface area contributed by atoms with Gasteiger partial charge in [-0.2, -0.15) is 0 Å². The maximum Gasteiger partial charge on any atom is 0.251 e. The number of methoxy groups -OCH3 is 2. The maximum atomic E-state index is 12.2. The van der Waals surface area contributed by atoms with Crippen molar-refractivity contribution in [2.24, 2.45) is 0 Å². The Balaban J connectivity index is 2.22. The highest BCUT2D eigenvalue weighted by atomic mass is 79.9. The minimum atomic E-state index is -0.179. The Kier molecular flexibility index (Phi) is 5.44. The highest BCUT2D eigenvalue weighted by Gasteiger charge is 2.17. The van der Waals surface area contributed by atoms with Crippen LogP contribution in [0.15, 0.2) is 46.9 Å². The molecule has 2 aromatic rings. The first kappa shape index (κ1) is 16.4. The molecule has 1 atom stereocenters. The van der Waals surface area contributed by atoms with E-state index in [1.165, 1.54) is 0 Å². The second-order valence-electron chi connectivity index (χ2n) is 4.79. The second-order valence-corrected chi connectivity index (χ2v) is 5.64. The topological polar surface area (TPSA) is 47.6 Å². The summed E-state index contributed by atoms with van der Waals surface area (Å²) in [7, 11) is 3.17. The van der Waals surface area contributed by atoms with Crippen molar-refractivity contribution in [1.29, 1.82) is 0 Å². The molecule has 0 fully saturated rings. The Labute approximate surface area is 138 Å². The lowest BCUT2D eigenvalue weighted by Gasteiger charge is -2.18. The number of hydrogen-bond acceptors (Lipinski definition) is 3. The van der Waals surface area contributed by atoms with Crippen molar-refractivity contribution in [3.63, 3.8) is 0 Å². The molecule has 0 aliphatic rings. The Morgan fingerprint density at radius 1 is 1.09 bits per heavy atom. The molecule has 0 aliphatic heterocycles. The van der Waals surface area contributed by atoms with E-state index in [1.54, 1.807) is 26.4 Å². The molecule has 0 unspecified atom stereocenters. The largest absolute Gasteiger partial charge is 0.493 e. The van der Waals surface area contributed by atoms with Crippen LogP contribution in [0.25, 0.3) is 0 Å². The van der Waals surface area contributed by atoms with Gasteiger partial charge >= 0.3 is 0 Å². The number of amides is 1. The molecule has 0 saturated heterocycles. The van der Waals surface area contributed by atoms with E-state index >= 15 is 0 Å². The monoisotopic (exact) mass is 363 g/mol. The quantitative estimate of drug-likeness (QED) is 0.874. The van der Waals surface area contributed by atoms with Crippen LogP contribution in [0.3, 0.4) is 0 Å². The zero-order chi connectivity index (χ0) is 16.1. The van der Waals surface area contributed by atoms with E-state index in [0.29, 0.717) is 17.1 Å². The molecule has 116 valence electrons. The zero-order valence-corrected chi connectivity index (χ0v) is 14.3. The van der Waals surface area contributed by atoms with Gasteiger partial charge in [-0.15, -0.1) is 0 Å². The summed E-state index contributed by atoms with van der Waals surface area (Å²) in [5.74, 6) is 1.15. The van der Waals surface area contributed by atoms with Gasteiger partial charge in [0.1, 0.15) is 0 Å². The number of halogens is 1. The van der Waals surface area contributed by atoms with Gasteiger partial charge in [-0.05, 0) is 36.8 Å². The summed E-state index contributed by atoms with van der Waals surface area (Å²) in [5, 5.41) is 2.98. The van der Waals surface area contributed by atoms with Crippen molar-refractivity contribution < 1.29 is 14.3 Å². The molecule has 1 amide bonds. The summed E-state index contributed by atoms with van der Waals surface area (Å²) >= 11 is 3.51. The van der Waals surface area contributed by atoms with Crippen molar-refractivity contribution in [3.05, 3.63) is 58.1 Å². The molecule has 5 heteroatoms. The lowest BCUT2D eigenvalue weighted by atomic mass is 10.1. The predicted molar refractivity (Wildman–Crippen MR) is 89.6 cm³/mol. The van der Waals surface area contributed by atoms with Crippen LogP contribution in [0.2, 0.25) is 0 Å². The summed E-state index contributed by atoms with van der Waals surface area (Å²) in [4.78, 5) is 12.2. The number of carbonyl (C=O) groups is 1. The van der Waals surface area contributed by atoms with Gasteiger partial charge in [0, 0.05) is 10.0 Å². The molecule has 2 rings (SSSR count). The van der Waals surface area contributed by atoms with Gasteiger partial charge in [-0.3, -0.25) is 4.79 Å². The summed E-state index contributed by atoms with van der Waals surface area (Å²) in [6, 6.07) is 12.6. The number of rotatable bonds is 5. The van der Waals surface area contributed by atoms with E-state index in [-0.39, 0.29) is 11.9 Å². The van der Waals surface area contributed by atoms with E-state index in [0.717, 1.165) is 10.0 Å². The Bertz CT molecular complexity index is 658. The van der Waals surface area contributed by atoms with Gasteiger partial charge in [-0.1, -0.05) is 34.1 Å². The molecular weight excluding hydrogens is 346 g/mol. The van der Waals surface area contributed by atoms with Gasteiger partial charge in [0.25, 0.3) is 5.91 Å². The van der Waals surface area contributed by atoms with Crippen LogP contribution in [0.4, 0.5) is 0 Å². The number of benzene rings is 2. The van der Waals surface area contributed by atoms with Crippen LogP contribution in [-0.4, -0.2) is 20.1 Å². The van der Waals surface area contributed by atoms with E-state index in [4.69, 9.17) is 9.47 Å². The van der Waals surface area contributed by atoms with Gasteiger partial charge in [0.2, 0.25) is 0 Å². The molecule has 0 saturated carbocycles. The average Bonchev–Trinajstić information content (AvgIpc) is 2.55. The van der Waals surface area contributed by atoms with Crippen LogP contribution in [0.1, 0.15) is 28.9 Å². The van der Waals surface area contributed by atoms with Gasteiger partial charge < -0.3 is 14.8 Å². The van der Waals surface area contributed by atoms with Crippen LogP contribution in [0, 0.1) is 0 Å². The Morgan fingerprint density at radius 3 is 2.27 bits per heavy atom. The van der Waals surface area contributed by atoms with E-state index in [1.807, 2.05) is 37.3 Å². The van der Waals surface area contributed by atoms with Gasteiger partial charge in [0.05, 0.1) is 20.3 Å². The average molecular weight is 364 g/mol. The fourth-order valence-electron chi connectivity index (χ4n) is 2.15. The fourth-order valence-corrected chi connectivity index (χ4v) is 2.81. The molecule has 0 bridgehead atoms. The minimum Gasteiger partial charge on any atom is -0.493 e. The summed E-state index contributed by atoms with van der Waals surface area (Å²) in [5.41, 5.74) is 1.55. The van der Waals surface area contributed by atoms with Crippen molar-refractivity contribution >= 4 is 21.8 Å². The van der Waals surface area contributed by atoms with Crippen LogP contribution in [-0.2, 0) is 0 Å². The lowest BCUT2D eigenvalue weighted by molar-refractivity contribution is 0.0939. The SMILES string of the molecule is COc1cc(Br)c([C@@H](C)NC(=O)c2ccccc2)cc1OC. The molecule has 0 heterocycles. The molecule has 1 N–H and O–H groups in total. The zero-order valence-electron chi connectivity index (χ0n) is 12.7. The van der Waals surface area contributed by atoms with E-state index in [2.05, 4.69) is 21.2 Å². The number of carbonyl (C=O) groups excluding carboxylic acids is 1. The first-order valence-electron chi connectivity index (χ1n) is 6.84. The van der Waals surface area contributed by atoms with Crippen LogP contribution >= 0.6 is 15.9 Å². The van der Waals surface area contributed by atoms with E-state index in [9.17, 15) is 4.79 Å². The second kappa shape index (κ2) is 7.31. The Morgan fingerprint density at radius 2 is 1.68 bits per heavy atom. The molecule has 22 heavy (non-hydrogen) atoms. The first-order valence-corrected chi connectivity index (χ1v) is 7.63. The number of ether oxygens (including phenoxy) is 2. The van der Waals surface area contributed by atoms with E-state index < -0.39 is 0 Å².